The SMILES string of the molecule is Cc1cc(C(=O)Nc2ccc(F)cc2Br)cc(NN)n1. The maximum atomic E-state index is 13.0. The second kappa shape index (κ2) is 5.98. The van der Waals surface area contributed by atoms with Crippen molar-refractivity contribution in [2.75, 3.05) is 10.7 Å². The molecule has 4 N–H and O–H groups in total. The van der Waals surface area contributed by atoms with E-state index in [9.17, 15) is 9.18 Å². The molecule has 0 aliphatic carbocycles. The maximum absolute atomic E-state index is 13.0. The van der Waals surface area contributed by atoms with E-state index in [2.05, 4.69) is 31.7 Å². The van der Waals surface area contributed by atoms with E-state index in [1.165, 1.54) is 24.3 Å². The van der Waals surface area contributed by atoms with Crippen molar-refractivity contribution in [1.29, 1.82) is 0 Å². The molecule has 0 radical (unpaired) electrons. The third kappa shape index (κ3) is 3.31. The number of amides is 1. The molecule has 0 aliphatic heterocycles. The number of pyridine rings is 1. The summed E-state index contributed by atoms with van der Waals surface area (Å²) in [6.07, 6.45) is 0. The summed E-state index contributed by atoms with van der Waals surface area (Å²) in [6, 6.07) is 7.19. The van der Waals surface area contributed by atoms with E-state index in [1.807, 2.05) is 0 Å². The molecule has 0 fully saturated rings. The highest BCUT2D eigenvalue weighted by atomic mass is 79.9. The van der Waals surface area contributed by atoms with E-state index in [1.54, 1.807) is 13.0 Å². The second-order valence-electron chi connectivity index (χ2n) is 4.11. The molecule has 0 aliphatic rings. The van der Waals surface area contributed by atoms with Gasteiger partial charge in [0.1, 0.15) is 11.6 Å². The molecule has 0 unspecified atom stereocenters. The number of anilines is 2. The van der Waals surface area contributed by atoms with Gasteiger partial charge in [-0.25, -0.2) is 15.2 Å². The highest BCUT2D eigenvalue weighted by molar-refractivity contribution is 9.10. The van der Waals surface area contributed by atoms with Gasteiger partial charge in [0, 0.05) is 15.7 Å². The molecular formula is C13H12BrFN4O. The molecule has 7 heteroatoms. The van der Waals surface area contributed by atoms with Crippen LogP contribution >= 0.6 is 15.9 Å². The molecular weight excluding hydrogens is 327 g/mol. The predicted octanol–water partition coefficient (Wildman–Crippen LogP) is 2.83. The van der Waals surface area contributed by atoms with Crippen LogP contribution in [0.4, 0.5) is 15.9 Å². The van der Waals surface area contributed by atoms with Gasteiger partial charge < -0.3 is 10.7 Å². The van der Waals surface area contributed by atoms with Crippen molar-refractivity contribution >= 4 is 33.3 Å². The first kappa shape index (κ1) is 14.4. The molecule has 20 heavy (non-hydrogen) atoms. The molecule has 2 rings (SSSR count). The summed E-state index contributed by atoms with van der Waals surface area (Å²) in [5.74, 6) is 4.97. The molecule has 5 nitrogen and oxygen atoms in total. The third-order valence-corrected chi connectivity index (χ3v) is 3.20. The van der Waals surface area contributed by atoms with Crippen molar-refractivity contribution in [2.24, 2.45) is 5.84 Å². The van der Waals surface area contributed by atoms with Gasteiger partial charge in [-0.3, -0.25) is 4.79 Å². The van der Waals surface area contributed by atoms with Crippen LogP contribution in [0.2, 0.25) is 0 Å². The number of hydrogen-bond acceptors (Lipinski definition) is 4. The molecule has 0 saturated heterocycles. The number of nitrogen functional groups attached to an aromatic ring is 1. The highest BCUT2D eigenvalue weighted by Gasteiger charge is 2.11. The fraction of sp³-hybridized carbons (Fsp3) is 0.0769. The molecule has 2 aromatic rings. The summed E-state index contributed by atoms with van der Waals surface area (Å²) < 4.78 is 13.5. The van der Waals surface area contributed by atoms with Gasteiger partial charge in [0.2, 0.25) is 0 Å². The fourth-order valence-corrected chi connectivity index (χ4v) is 2.11. The number of carbonyl (C=O) groups is 1. The lowest BCUT2D eigenvalue weighted by molar-refractivity contribution is 0.102. The Morgan fingerprint density at radius 1 is 1.35 bits per heavy atom. The second-order valence-corrected chi connectivity index (χ2v) is 4.96. The number of nitrogens with one attached hydrogen (secondary N) is 2. The van der Waals surface area contributed by atoms with E-state index < -0.39 is 0 Å². The Balaban J connectivity index is 2.26. The summed E-state index contributed by atoms with van der Waals surface area (Å²) >= 11 is 3.19. The molecule has 0 saturated carbocycles. The molecule has 0 bridgehead atoms. The minimum Gasteiger partial charge on any atom is -0.321 e. The third-order valence-electron chi connectivity index (χ3n) is 2.54. The van der Waals surface area contributed by atoms with Crippen LogP contribution < -0.4 is 16.6 Å². The van der Waals surface area contributed by atoms with Gasteiger partial charge in [0.05, 0.1) is 5.69 Å². The number of rotatable bonds is 3. The van der Waals surface area contributed by atoms with Crippen LogP contribution in [-0.4, -0.2) is 10.9 Å². The zero-order valence-electron chi connectivity index (χ0n) is 10.6. The normalized spacial score (nSPS) is 10.2. The number of benzene rings is 1. The summed E-state index contributed by atoms with van der Waals surface area (Å²) in [4.78, 5) is 16.2. The van der Waals surface area contributed by atoms with Crippen molar-refractivity contribution in [1.82, 2.24) is 4.98 Å². The lowest BCUT2D eigenvalue weighted by atomic mass is 10.2. The number of hydrazine groups is 1. The van der Waals surface area contributed by atoms with Gasteiger partial charge in [-0.2, -0.15) is 0 Å². The van der Waals surface area contributed by atoms with Gasteiger partial charge in [-0.15, -0.1) is 0 Å². The molecule has 1 amide bonds. The van der Waals surface area contributed by atoms with E-state index in [4.69, 9.17) is 5.84 Å². The number of nitrogens with zero attached hydrogens (tertiary/aromatic N) is 1. The summed E-state index contributed by atoms with van der Waals surface area (Å²) in [6.45, 7) is 1.76. The van der Waals surface area contributed by atoms with E-state index in [0.29, 0.717) is 27.2 Å². The standard InChI is InChI=1S/C13H12BrFN4O/c1-7-4-8(5-12(17-7)19-16)13(20)18-11-3-2-9(15)6-10(11)14/h2-6H,16H2,1H3,(H,17,19)(H,18,20). The molecule has 0 spiro atoms. The van der Waals surface area contributed by atoms with Gasteiger partial charge in [-0.05, 0) is 53.2 Å². The molecule has 1 aromatic carbocycles. The Morgan fingerprint density at radius 2 is 2.10 bits per heavy atom. The number of aromatic nitrogens is 1. The van der Waals surface area contributed by atoms with Crippen LogP contribution in [-0.2, 0) is 0 Å². The topological polar surface area (TPSA) is 80.0 Å². The van der Waals surface area contributed by atoms with Crippen LogP contribution in [0.15, 0.2) is 34.8 Å². The lowest BCUT2D eigenvalue weighted by Gasteiger charge is -2.09. The highest BCUT2D eigenvalue weighted by Crippen LogP contribution is 2.24. The largest absolute Gasteiger partial charge is 0.321 e. The first-order valence-corrected chi connectivity index (χ1v) is 6.50. The van der Waals surface area contributed by atoms with Crippen molar-refractivity contribution < 1.29 is 9.18 Å². The van der Waals surface area contributed by atoms with Gasteiger partial charge in [-0.1, -0.05) is 0 Å². The average Bonchev–Trinajstić information content (AvgIpc) is 2.41. The molecule has 104 valence electrons. The Bertz CT molecular complexity index is 663. The quantitative estimate of drug-likeness (QED) is 0.593. The molecule has 1 aromatic heterocycles. The zero-order valence-corrected chi connectivity index (χ0v) is 12.2. The average molecular weight is 339 g/mol. The van der Waals surface area contributed by atoms with E-state index in [-0.39, 0.29) is 11.7 Å². The minimum absolute atomic E-state index is 0.334. The Morgan fingerprint density at radius 3 is 2.75 bits per heavy atom. The number of carbonyl (C=O) groups excluding carboxylic acids is 1. The van der Waals surface area contributed by atoms with Crippen LogP contribution in [0, 0.1) is 12.7 Å². The van der Waals surface area contributed by atoms with Crippen molar-refractivity contribution in [3.05, 3.63) is 51.9 Å². The van der Waals surface area contributed by atoms with Crippen LogP contribution in [0.5, 0.6) is 0 Å². The van der Waals surface area contributed by atoms with Gasteiger partial charge >= 0.3 is 0 Å². The van der Waals surface area contributed by atoms with Gasteiger partial charge in [0.15, 0.2) is 0 Å². The monoisotopic (exact) mass is 338 g/mol. The summed E-state index contributed by atoms with van der Waals surface area (Å²) in [7, 11) is 0. The first-order chi connectivity index (χ1) is 9.49. The number of aryl methyl sites for hydroxylation is 1. The van der Waals surface area contributed by atoms with Gasteiger partial charge in [0.25, 0.3) is 5.91 Å². The Kier molecular flexibility index (Phi) is 4.31. The Labute approximate surface area is 123 Å². The number of nitrogens with two attached hydrogens (primary N) is 1. The molecule has 1 heterocycles. The molecule has 0 atom stereocenters. The Hall–Kier alpha value is -1.99. The van der Waals surface area contributed by atoms with Crippen molar-refractivity contribution in [3.8, 4) is 0 Å². The zero-order chi connectivity index (χ0) is 14.7. The number of hydrogen-bond donors (Lipinski definition) is 3. The van der Waals surface area contributed by atoms with Crippen molar-refractivity contribution in [2.45, 2.75) is 6.92 Å². The van der Waals surface area contributed by atoms with Crippen LogP contribution in [0.3, 0.4) is 0 Å². The van der Waals surface area contributed by atoms with Crippen LogP contribution in [0.25, 0.3) is 0 Å². The lowest BCUT2D eigenvalue weighted by Crippen LogP contribution is -2.15. The maximum Gasteiger partial charge on any atom is 0.255 e. The van der Waals surface area contributed by atoms with Crippen molar-refractivity contribution in [3.63, 3.8) is 0 Å². The summed E-state index contributed by atoms with van der Waals surface area (Å²) in [5.41, 5.74) is 3.94. The summed E-state index contributed by atoms with van der Waals surface area (Å²) in [5, 5.41) is 2.68. The minimum atomic E-state index is -0.385. The fourth-order valence-electron chi connectivity index (χ4n) is 1.66. The smallest absolute Gasteiger partial charge is 0.255 e. The van der Waals surface area contributed by atoms with Crippen LogP contribution in [0.1, 0.15) is 16.1 Å². The predicted molar refractivity (Wildman–Crippen MR) is 78.8 cm³/mol. The number of halogens is 2. The van der Waals surface area contributed by atoms with E-state index in [0.717, 1.165) is 0 Å². The first-order valence-electron chi connectivity index (χ1n) is 5.71. The van der Waals surface area contributed by atoms with E-state index >= 15 is 0 Å².